The first-order valence-electron chi connectivity index (χ1n) is 7.97. The lowest BCUT2D eigenvalue weighted by Gasteiger charge is -2.33. The minimum Gasteiger partial charge on any atom is -0.444 e. The lowest BCUT2D eigenvalue weighted by Crippen LogP contribution is -2.45. The number of carbonyl (C=O) groups is 1. The van der Waals surface area contributed by atoms with Gasteiger partial charge in [-0.15, -0.1) is 5.10 Å². The van der Waals surface area contributed by atoms with Crippen LogP contribution in [0.4, 0.5) is 4.79 Å². The molecule has 1 aromatic heterocycles. The van der Waals surface area contributed by atoms with Gasteiger partial charge in [0.15, 0.2) is 6.10 Å². The van der Waals surface area contributed by atoms with E-state index in [4.69, 9.17) is 18.6 Å². The van der Waals surface area contributed by atoms with E-state index in [2.05, 4.69) is 10.2 Å². The van der Waals surface area contributed by atoms with E-state index in [0.717, 1.165) is 12.8 Å². The molecular formula is C15H23N3O6. The zero-order valence-electron chi connectivity index (χ0n) is 14.3. The number of aromatic amines is 1. The van der Waals surface area contributed by atoms with Crippen LogP contribution < -0.4 is 5.76 Å². The average Bonchev–Trinajstić information content (AvgIpc) is 2.92. The maximum atomic E-state index is 12.6. The van der Waals surface area contributed by atoms with Crippen molar-refractivity contribution < 1.29 is 23.4 Å². The minimum absolute atomic E-state index is 0.00473. The van der Waals surface area contributed by atoms with Crippen molar-refractivity contribution in [3.63, 3.8) is 0 Å². The molecule has 2 aliphatic rings. The fourth-order valence-electron chi connectivity index (χ4n) is 3.20. The maximum absolute atomic E-state index is 12.6. The predicted molar refractivity (Wildman–Crippen MR) is 81.2 cm³/mol. The van der Waals surface area contributed by atoms with Crippen molar-refractivity contribution in [2.45, 2.75) is 57.4 Å². The van der Waals surface area contributed by atoms with Crippen LogP contribution in [0.25, 0.3) is 0 Å². The monoisotopic (exact) mass is 341 g/mol. The largest absolute Gasteiger partial charge is 0.444 e. The van der Waals surface area contributed by atoms with Crippen LogP contribution >= 0.6 is 0 Å². The number of hydrogen-bond acceptors (Lipinski definition) is 7. The molecule has 2 heterocycles. The number of aromatic nitrogens is 2. The first kappa shape index (κ1) is 17.0. The van der Waals surface area contributed by atoms with E-state index in [1.165, 1.54) is 7.11 Å². The molecule has 0 aromatic carbocycles. The molecule has 0 spiro atoms. The number of H-pyrrole nitrogens is 1. The van der Waals surface area contributed by atoms with Gasteiger partial charge in [0.2, 0.25) is 5.89 Å². The SMILES string of the molecule is COCOC(c1n[nH]c(=O)o1)[C@@H]1C[C@@H]2C[C@@H]2N1C(=O)OC(C)(C)C. The maximum Gasteiger partial charge on any atom is 0.434 e. The van der Waals surface area contributed by atoms with Gasteiger partial charge in [-0.25, -0.2) is 14.7 Å². The summed E-state index contributed by atoms with van der Waals surface area (Å²) in [6.45, 7) is 5.47. The van der Waals surface area contributed by atoms with Gasteiger partial charge < -0.3 is 18.6 Å². The number of fused-ring (bicyclic) bond motifs is 1. The second kappa shape index (κ2) is 6.21. The molecule has 2 fully saturated rings. The molecular weight excluding hydrogens is 318 g/mol. The van der Waals surface area contributed by atoms with Crippen molar-refractivity contribution in [1.29, 1.82) is 0 Å². The summed E-state index contributed by atoms with van der Waals surface area (Å²) in [6.07, 6.45) is 0.622. The summed E-state index contributed by atoms with van der Waals surface area (Å²) in [5.74, 6) is -0.137. The molecule has 1 saturated heterocycles. The fourth-order valence-corrected chi connectivity index (χ4v) is 3.20. The summed E-state index contributed by atoms with van der Waals surface area (Å²) in [7, 11) is 1.50. The van der Waals surface area contributed by atoms with Crippen LogP contribution in [0.1, 0.15) is 45.6 Å². The van der Waals surface area contributed by atoms with Gasteiger partial charge >= 0.3 is 11.8 Å². The van der Waals surface area contributed by atoms with E-state index in [0.29, 0.717) is 5.92 Å². The van der Waals surface area contributed by atoms with Gasteiger partial charge in [-0.1, -0.05) is 0 Å². The van der Waals surface area contributed by atoms with Gasteiger partial charge in [0, 0.05) is 13.2 Å². The van der Waals surface area contributed by atoms with E-state index < -0.39 is 17.5 Å². The highest BCUT2D eigenvalue weighted by Gasteiger charge is 2.58. The molecule has 1 amide bonds. The van der Waals surface area contributed by atoms with Crippen LogP contribution in [0, 0.1) is 5.92 Å². The second-order valence-electron chi connectivity index (χ2n) is 7.20. The summed E-state index contributed by atoms with van der Waals surface area (Å²) in [6, 6.07) is -0.172. The number of rotatable bonds is 5. The Morgan fingerprint density at radius 3 is 2.79 bits per heavy atom. The number of hydrogen-bond donors (Lipinski definition) is 1. The molecule has 0 radical (unpaired) electrons. The normalized spacial score (nSPS) is 27.0. The molecule has 0 bridgehead atoms. The van der Waals surface area contributed by atoms with Crippen molar-refractivity contribution in [3.8, 4) is 0 Å². The Bertz CT molecular complexity index is 648. The highest BCUT2D eigenvalue weighted by Crippen LogP contribution is 2.51. The molecule has 1 aromatic rings. The van der Waals surface area contributed by atoms with Gasteiger partial charge in [0.1, 0.15) is 12.4 Å². The van der Waals surface area contributed by atoms with Gasteiger partial charge in [-0.2, -0.15) is 0 Å². The topological polar surface area (TPSA) is 107 Å². The van der Waals surface area contributed by atoms with E-state index in [1.807, 2.05) is 20.8 Å². The molecule has 9 nitrogen and oxygen atoms in total. The number of amides is 1. The van der Waals surface area contributed by atoms with Crippen molar-refractivity contribution in [3.05, 3.63) is 16.4 Å². The summed E-state index contributed by atoms with van der Waals surface area (Å²) in [5, 5.41) is 6.08. The van der Waals surface area contributed by atoms with Crippen molar-refractivity contribution >= 4 is 6.09 Å². The third-order valence-electron chi connectivity index (χ3n) is 4.16. The number of ether oxygens (including phenoxy) is 3. The number of nitrogens with one attached hydrogen (secondary N) is 1. The zero-order valence-corrected chi connectivity index (χ0v) is 14.3. The van der Waals surface area contributed by atoms with Crippen LogP contribution in [-0.2, 0) is 14.2 Å². The molecule has 1 saturated carbocycles. The fraction of sp³-hybridized carbons (Fsp3) is 0.800. The Morgan fingerprint density at radius 1 is 1.46 bits per heavy atom. The number of nitrogens with zero attached hydrogens (tertiary/aromatic N) is 2. The Balaban J connectivity index is 1.83. The van der Waals surface area contributed by atoms with Crippen LogP contribution in [-0.4, -0.2) is 52.8 Å². The van der Waals surface area contributed by atoms with Gasteiger partial charge in [0.25, 0.3) is 0 Å². The third-order valence-corrected chi connectivity index (χ3v) is 4.16. The second-order valence-corrected chi connectivity index (χ2v) is 7.20. The molecule has 4 atom stereocenters. The molecule has 134 valence electrons. The summed E-state index contributed by atoms with van der Waals surface area (Å²) >= 11 is 0. The van der Waals surface area contributed by atoms with Crippen molar-refractivity contribution in [2.24, 2.45) is 5.92 Å². The van der Waals surface area contributed by atoms with Crippen LogP contribution in [0.15, 0.2) is 9.21 Å². The molecule has 3 rings (SSSR count). The zero-order chi connectivity index (χ0) is 17.5. The van der Waals surface area contributed by atoms with E-state index >= 15 is 0 Å². The van der Waals surface area contributed by atoms with E-state index in [9.17, 15) is 9.59 Å². The summed E-state index contributed by atoms with van der Waals surface area (Å²) < 4.78 is 21.2. The Hall–Kier alpha value is -1.87. The Kier molecular flexibility index (Phi) is 4.39. The average molecular weight is 341 g/mol. The standard InChI is InChI=1S/C15H23N3O6/c1-15(2,3)24-14(20)18-9-5-8(9)6-10(18)11(22-7-21-4)12-16-17-13(19)23-12/h8-11H,5-7H2,1-4H3,(H,17,19)/t8-,9-,10-,11?/m0/s1. The molecule has 1 aliphatic heterocycles. The van der Waals surface area contributed by atoms with Crippen LogP contribution in [0.3, 0.4) is 0 Å². The number of methoxy groups -OCH3 is 1. The predicted octanol–water partition coefficient (Wildman–Crippen LogP) is 1.42. The molecule has 1 aliphatic carbocycles. The quantitative estimate of drug-likeness (QED) is 0.807. The molecule has 1 unspecified atom stereocenters. The molecule has 24 heavy (non-hydrogen) atoms. The van der Waals surface area contributed by atoms with Crippen LogP contribution in [0.5, 0.6) is 0 Å². The van der Waals surface area contributed by atoms with Crippen LogP contribution in [0.2, 0.25) is 0 Å². The summed E-state index contributed by atoms with van der Waals surface area (Å²) in [4.78, 5) is 25.6. The minimum atomic E-state index is -0.691. The third kappa shape index (κ3) is 3.46. The lowest BCUT2D eigenvalue weighted by molar-refractivity contribution is -0.108. The molecule has 1 N–H and O–H groups in total. The first-order valence-corrected chi connectivity index (χ1v) is 7.97. The van der Waals surface area contributed by atoms with E-state index in [-0.39, 0.29) is 30.9 Å². The summed E-state index contributed by atoms with van der Waals surface area (Å²) in [5.41, 5.74) is -0.587. The molecule has 9 heteroatoms. The number of piperidine rings is 1. The van der Waals surface area contributed by atoms with Gasteiger partial charge in [-0.05, 0) is 39.5 Å². The van der Waals surface area contributed by atoms with Crippen molar-refractivity contribution in [1.82, 2.24) is 15.1 Å². The van der Waals surface area contributed by atoms with E-state index in [1.54, 1.807) is 4.90 Å². The lowest BCUT2D eigenvalue weighted by atomic mass is 10.1. The Labute approximate surface area is 139 Å². The highest BCUT2D eigenvalue weighted by atomic mass is 16.7. The number of likely N-dealkylation sites (tertiary alicyclic amines) is 1. The first-order chi connectivity index (χ1) is 11.3. The smallest absolute Gasteiger partial charge is 0.434 e. The Morgan fingerprint density at radius 2 is 2.21 bits per heavy atom. The van der Waals surface area contributed by atoms with Gasteiger partial charge in [-0.3, -0.25) is 4.90 Å². The number of carbonyl (C=O) groups excluding carboxylic acids is 1. The van der Waals surface area contributed by atoms with Crippen molar-refractivity contribution in [2.75, 3.05) is 13.9 Å². The highest BCUT2D eigenvalue weighted by molar-refractivity contribution is 5.70. The van der Waals surface area contributed by atoms with Gasteiger partial charge in [0.05, 0.1) is 6.04 Å².